The Labute approximate surface area is 178 Å². The number of benzene rings is 1. The largest absolute Gasteiger partial charge is 0.484 e. The molecular weight excluding hydrogens is 410 g/mol. The van der Waals surface area contributed by atoms with E-state index in [-0.39, 0.29) is 29.5 Å². The molecule has 2 amide bonds. The van der Waals surface area contributed by atoms with E-state index in [1.54, 1.807) is 12.1 Å². The average molecular weight is 432 g/mol. The van der Waals surface area contributed by atoms with Gasteiger partial charge in [0.25, 0.3) is 11.8 Å². The number of hydrogen-bond donors (Lipinski definition) is 2. The summed E-state index contributed by atoms with van der Waals surface area (Å²) in [7, 11) is 0. The Balaban J connectivity index is 1.08. The summed E-state index contributed by atoms with van der Waals surface area (Å²) in [6.07, 6.45) is 4.64. The van der Waals surface area contributed by atoms with Gasteiger partial charge in [-0.3, -0.25) is 9.59 Å². The minimum Gasteiger partial charge on any atom is -0.484 e. The van der Waals surface area contributed by atoms with E-state index in [4.69, 9.17) is 16.3 Å². The average Bonchev–Trinajstić information content (AvgIpc) is 3.36. The van der Waals surface area contributed by atoms with E-state index in [0.717, 1.165) is 30.5 Å². The number of thiazole rings is 1. The Bertz CT molecular complexity index is 981. The number of aryl methyl sites for hydroxylation is 1. The first-order chi connectivity index (χ1) is 13.9. The Morgan fingerprint density at radius 3 is 2.66 bits per heavy atom. The zero-order valence-corrected chi connectivity index (χ0v) is 17.7. The number of aromatic nitrogens is 1. The van der Waals surface area contributed by atoms with Gasteiger partial charge in [-0.25, -0.2) is 4.98 Å². The number of carbonyl (C=O) groups is 2. The molecular formula is C21H22ClN3O3S. The van der Waals surface area contributed by atoms with Gasteiger partial charge in [0.05, 0.1) is 5.69 Å². The van der Waals surface area contributed by atoms with Crippen molar-refractivity contribution >= 4 is 34.8 Å². The summed E-state index contributed by atoms with van der Waals surface area (Å²) in [5, 5.41) is 9.41. The second kappa shape index (κ2) is 6.71. The lowest BCUT2D eigenvalue weighted by Crippen LogP contribution is -2.84. The molecule has 4 fully saturated rings. The molecule has 29 heavy (non-hydrogen) atoms. The van der Waals surface area contributed by atoms with Crippen LogP contribution in [0.5, 0.6) is 5.75 Å². The van der Waals surface area contributed by atoms with Crippen molar-refractivity contribution in [3.63, 3.8) is 0 Å². The fourth-order valence-corrected chi connectivity index (χ4v) is 5.40. The third-order valence-corrected chi connectivity index (χ3v) is 7.31. The number of halogens is 1. The van der Waals surface area contributed by atoms with Crippen molar-refractivity contribution in [2.24, 2.45) is 0 Å². The molecule has 0 spiro atoms. The monoisotopic (exact) mass is 431 g/mol. The molecule has 0 aliphatic heterocycles. The Morgan fingerprint density at radius 1 is 1.24 bits per heavy atom. The predicted octanol–water partition coefficient (Wildman–Crippen LogP) is 3.58. The van der Waals surface area contributed by atoms with Gasteiger partial charge in [-0.2, -0.15) is 0 Å². The molecule has 1 aromatic carbocycles. The van der Waals surface area contributed by atoms with Gasteiger partial charge in [0.2, 0.25) is 0 Å². The maximum Gasteiger partial charge on any atom is 0.280 e. The van der Waals surface area contributed by atoms with E-state index < -0.39 is 0 Å². The minimum atomic E-state index is -0.203. The summed E-state index contributed by atoms with van der Waals surface area (Å²) in [4.78, 5) is 29.2. The van der Waals surface area contributed by atoms with Crippen molar-refractivity contribution < 1.29 is 14.3 Å². The zero-order chi connectivity index (χ0) is 20.2. The summed E-state index contributed by atoms with van der Waals surface area (Å²) in [6.45, 7) is 1.86. The number of carbonyl (C=O) groups excluding carboxylic acids is 2. The quantitative estimate of drug-likeness (QED) is 0.702. The number of ether oxygens (including phenoxy) is 1. The third kappa shape index (κ3) is 3.62. The molecule has 4 aliphatic carbocycles. The van der Waals surface area contributed by atoms with Crippen LogP contribution >= 0.6 is 22.9 Å². The predicted molar refractivity (Wildman–Crippen MR) is 111 cm³/mol. The highest BCUT2D eigenvalue weighted by Crippen LogP contribution is 2.60. The second-order valence-corrected chi connectivity index (χ2v) is 9.91. The van der Waals surface area contributed by atoms with Crippen LogP contribution in [0, 0.1) is 6.92 Å². The number of hydrogen-bond acceptors (Lipinski definition) is 5. The molecule has 152 valence electrons. The van der Waals surface area contributed by atoms with Gasteiger partial charge < -0.3 is 15.4 Å². The molecule has 1 heterocycles. The highest BCUT2D eigenvalue weighted by Gasteiger charge is 2.69. The lowest BCUT2D eigenvalue weighted by molar-refractivity contribution is -0.141. The first kappa shape index (κ1) is 18.9. The maximum atomic E-state index is 12.5. The van der Waals surface area contributed by atoms with E-state index in [2.05, 4.69) is 15.6 Å². The van der Waals surface area contributed by atoms with Crippen molar-refractivity contribution in [1.29, 1.82) is 0 Å². The van der Waals surface area contributed by atoms with E-state index in [1.807, 2.05) is 18.4 Å². The van der Waals surface area contributed by atoms with Gasteiger partial charge in [-0.1, -0.05) is 11.6 Å². The third-order valence-electron chi connectivity index (χ3n) is 6.02. The second-order valence-electron chi connectivity index (χ2n) is 8.64. The lowest BCUT2D eigenvalue weighted by atomic mass is 9.44. The lowest BCUT2D eigenvalue weighted by Gasteiger charge is -2.70. The van der Waals surface area contributed by atoms with Gasteiger partial charge in [0.15, 0.2) is 11.6 Å². The molecule has 6 rings (SSSR count). The molecule has 8 heteroatoms. The van der Waals surface area contributed by atoms with Crippen LogP contribution in [0.1, 0.15) is 59.1 Å². The van der Waals surface area contributed by atoms with Gasteiger partial charge in [-0.05, 0) is 62.8 Å². The number of nitrogens with one attached hydrogen (secondary N) is 2. The first-order valence-corrected chi connectivity index (χ1v) is 11.1. The molecule has 0 saturated heterocycles. The molecule has 0 radical (unpaired) electrons. The molecule has 0 unspecified atom stereocenters. The number of nitrogens with zero attached hydrogens (tertiary/aromatic N) is 1. The van der Waals surface area contributed by atoms with Crippen LogP contribution in [-0.4, -0.2) is 34.5 Å². The number of rotatable bonds is 7. The summed E-state index contributed by atoms with van der Waals surface area (Å²) in [5.41, 5.74) is 1.57. The van der Waals surface area contributed by atoms with E-state index in [1.165, 1.54) is 24.2 Å². The molecule has 4 saturated carbocycles. The molecule has 2 N–H and O–H groups in total. The summed E-state index contributed by atoms with van der Waals surface area (Å²) in [5.74, 6) is 0.937. The minimum absolute atomic E-state index is 0.0365. The fourth-order valence-electron chi connectivity index (χ4n) is 4.49. The van der Waals surface area contributed by atoms with Crippen molar-refractivity contribution in [1.82, 2.24) is 15.6 Å². The van der Waals surface area contributed by atoms with Crippen molar-refractivity contribution in [3.8, 4) is 5.75 Å². The maximum absolute atomic E-state index is 12.5. The summed E-state index contributed by atoms with van der Waals surface area (Å²) < 4.78 is 5.56. The molecule has 2 aromatic rings. The SMILES string of the molecule is Cc1cc(OCC(=O)NC23CC(NC(=O)c4nc(C5CC5)cs4)(C2)C3)ccc1Cl. The van der Waals surface area contributed by atoms with Crippen molar-refractivity contribution in [3.05, 3.63) is 44.9 Å². The molecule has 6 nitrogen and oxygen atoms in total. The van der Waals surface area contributed by atoms with Crippen LogP contribution < -0.4 is 15.4 Å². The van der Waals surface area contributed by atoms with Gasteiger partial charge in [0, 0.05) is 27.4 Å². The van der Waals surface area contributed by atoms with Crippen LogP contribution in [0.25, 0.3) is 0 Å². The van der Waals surface area contributed by atoms with Gasteiger partial charge in [-0.15, -0.1) is 11.3 Å². The summed E-state index contributed by atoms with van der Waals surface area (Å²) >= 11 is 7.42. The Hall–Kier alpha value is -2.12. The van der Waals surface area contributed by atoms with Crippen molar-refractivity contribution in [2.75, 3.05) is 6.61 Å². The fraction of sp³-hybridized carbons (Fsp3) is 0.476. The van der Waals surface area contributed by atoms with E-state index in [0.29, 0.717) is 21.7 Å². The van der Waals surface area contributed by atoms with E-state index >= 15 is 0 Å². The van der Waals surface area contributed by atoms with Gasteiger partial charge >= 0.3 is 0 Å². The van der Waals surface area contributed by atoms with Crippen LogP contribution in [0.15, 0.2) is 23.6 Å². The first-order valence-electron chi connectivity index (χ1n) is 9.83. The smallest absolute Gasteiger partial charge is 0.280 e. The highest BCUT2D eigenvalue weighted by molar-refractivity contribution is 7.11. The standard InChI is InChI=1S/C21H22ClN3O3S/c1-12-6-14(4-5-15(12)22)28-7-17(26)24-20-9-21(10-20,11-20)25-18(27)19-23-16(8-29-19)13-2-3-13/h4-6,8,13H,2-3,7,9-11H2,1H3,(H,24,26)(H,25,27). The summed E-state index contributed by atoms with van der Waals surface area (Å²) in [6, 6.07) is 5.32. The van der Waals surface area contributed by atoms with Crippen LogP contribution in [0.4, 0.5) is 0 Å². The van der Waals surface area contributed by atoms with Crippen LogP contribution in [0.3, 0.4) is 0 Å². The Kier molecular flexibility index (Phi) is 4.37. The number of amides is 2. The van der Waals surface area contributed by atoms with Crippen molar-refractivity contribution in [2.45, 2.75) is 56.0 Å². The normalized spacial score (nSPS) is 26.8. The zero-order valence-electron chi connectivity index (χ0n) is 16.1. The topological polar surface area (TPSA) is 80.3 Å². The van der Waals surface area contributed by atoms with E-state index in [9.17, 15) is 9.59 Å². The highest BCUT2D eigenvalue weighted by atomic mass is 35.5. The van der Waals surface area contributed by atoms with Crippen LogP contribution in [-0.2, 0) is 4.79 Å². The van der Waals surface area contributed by atoms with Gasteiger partial charge in [0.1, 0.15) is 5.75 Å². The molecule has 2 bridgehead atoms. The molecule has 0 atom stereocenters. The van der Waals surface area contributed by atoms with Crippen LogP contribution in [0.2, 0.25) is 5.02 Å². The Morgan fingerprint density at radius 2 is 1.97 bits per heavy atom. The molecule has 1 aromatic heterocycles. The molecule has 4 aliphatic rings.